The second kappa shape index (κ2) is 4.10. The van der Waals surface area contributed by atoms with Gasteiger partial charge in [-0.05, 0) is 18.4 Å². The molecular weight excluding hydrogens is 150 g/mol. The van der Waals surface area contributed by atoms with Gasteiger partial charge in [-0.2, -0.15) is 0 Å². The van der Waals surface area contributed by atoms with Gasteiger partial charge < -0.3 is 4.74 Å². The maximum atomic E-state index is 5.16. The molecule has 0 aliphatic heterocycles. The summed E-state index contributed by atoms with van der Waals surface area (Å²) >= 11 is 0. The molecule has 1 aromatic heterocycles. The highest BCUT2D eigenvalue weighted by Gasteiger charge is 2.08. The first kappa shape index (κ1) is 9.04. The van der Waals surface area contributed by atoms with E-state index in [-0.39, 0.29) is 0 Å². The molecule has 0 bridgehead atoms. The number of methoxy groups -OCH3 is 1. The van der Waals surface area contributed by atoms with Crippen LogP contribution in [0.1, 0.15) is 31.7 Å². The van der Waals surface area contributed by atoms with E-state index in [0.717, 1.165) is 12.3 Å². The highest BCUT2D eigenvalue weighted by molar-refractivity contribution is 5.28. The summed E-state index contributed by atoms with van der Waals surface area (Å²) in [5.41, 5.74) is 1.20. The molecule has 0 aliphatic rings. The van der Waals surface area contributed by atoms with Crippen molar-refractivity contribution in [1.29, 1.82) is 0 Å². The molecule has 2 nitrogen and oxygen atoms in total. The lowest BCUT2D eigenvalue weighted by Crippen LogP contribution is -1.97. The van der Waals surface area contributed by atoms with Crippen LogP contribution in [0.4, 0.5) is 0 Å². The van der Waals surface area contributed by atoms with E-state index in [1.807, 2.05) is 6.07 Å². The summed E-state index contributed by atoms with van der Waals surface area (Å²) in [6.07, 6.45) is 2.87. The Bertz CT molecular complexity index is 247. The minimum Gasteiger partial charge on any atom is -0.481 e. The molecule has 66 valence electrons. The van der Waals surface area contributed by atoms with Crippen LogP contribution >= 0.6 is 0 Å². The normalized spacial score (nSPS) is 12.6. The molecule has 0 saturated carbocycles. The SMILES string of the molecule is CCC(C)c1cccnc1OC. The lowest BCUT2D eigenvalue weighted by Gasteiger charge is -2.11. The van der Waals surface area contributed by atoms with Crippen molar-refractivity contribution in [2.45, 2.75) is 26.2 Å². The molecule has 12 heavy (non-hydrogen) atoms. The predicted molar refractivity (Wildman–Crippen MR) is 49.5 cm³/mol. The lowest BCUT2D eigenvalue weighted by molar-refractivity contribution is 0.389. The summed E-state index contributed by atoms with van der Waals surface area (Å²) in [7, 11) is 1.66. The minimum absolute atomic E-state index is 0.522. The number of rotatable bonds is 3. The van der Waals surface area contributed by atoms with Crippen molar-refractivity contribution >= 4 is 0 Å². The molecule has 2 heteroatoms. The zero-order valence-electron chi connectivity index (χ0n) is 7.87. The van der Waals surface area contributed by atoms with Crippen LogP contribution in [0.3, 0.4) is 0 Å². The number of hydrogen-bond donors (Lipinski definition) is 0. The van der Waals surface area contributed by atoms with Crippen molar-refractivity contribution in [3.8, 4) is 5.88 Å². The zero-order chi connectivity index (χ0) is 8.97. The molecule has 0 saturated heterocycles. The third-order valence-electron chi connectivity index (χ3n) is 2.14. The monoisotopic (exact) mass is 165 g/mol. The molecular formula is C10H15NO. The van der Waals surface area contributed by atoms with Crippen LogP contribution in [-0.2, 0) is 0 Å². The van der Waals surface area contributed by atoms with Crippen molar-refractivity contribution in [2.75, 3.05) is 7.11 Å². The average Bonchev–Trinajstić information content (AvgIpc) is 2.16. The summed E-state index contributed by atoms with van der Waals surface area (Å²) in [6.45, 7) is 4.34. The number of ether oxygens (including phenoxy) is 1. The minimum atomic E-state index is 0.522. The topological polar surface area (TPSA) is 22.1 Å². The van der Waals surface area contributed by atoms with E-state index < -0.39 is 0 Å². The smallest absolute Gasteiger partial charge is 0.216 e. The van der Waals surface area contributed by atoms with E-state index in [4.69, 9.17) is 4.74 Å². The first-order valence-corrected chi connectivity index (χ1v) is 4.28. The molecule has 1 aromatic rings. The Morgan fingerprint density at radius 3 is 2.92 bits per heavy atom. The van der Waals surface area contributed by atoms with Gasteiger partial charge in [0.15, 0.2) is 0 Å². The van der Waals surface area contributed by atoms with Crippen LogP contribution in [0.2, 0.25) is 0 Å². The van der Waals surface area contributed by atoms with Gasteiger partial charge in [-0.15, -0.1) is 0 Å². The number of aromatic nitrogens is 1. The Labute approximate surface area is 73.6 Å². The molecule has 1 unspecified atom stereocenters. The van der Waals surface area contributed by atoms with E-state index >= 15 is 0 Å². The van der Waals surface area contributed by atoms with Crippen LogP contribution in [-0.4, -0.2) is 12.1 Å². The van der Waals surface area contributed by atoms with E-state index in [1.54, 1.807) is 13.3 Å². The molecule has 0 aromatic carbocycles. The van der Waals surface area contributed by atoms with Crippen LogP contribution in [0, 0.1) is 0 Å². The molecule has 0 spiro atoms. The molecule has 1 atom stereocenters. The third-order valence-corrected chi connectivity index (χ3v) is 2.14. The van der Waals surface area contributed by atoms with Gasteiger partial charge in [-0.1, -0.05) is 19.9 Å². The van der Waals surface area contributed by atoms with E-state index in [2.05, 4.69) is 24.9 Å². The fraction of sp³-hybridized carbons (Fsp3) is 0.500. The standard InChI is InChI=1S/C10H15NO/c1-4-8(2)9-6-5-7-11-10(9)12-3/h5-8H,4H2,1-3H3. The van der Waals surface area contributed by atoms with E-state index in [0.29, 0.717) is 5.92 Å². The summed E-state index contributed by atoms with van der Waals surface area (Å²) in [5, 5.41) is 0. The van der Waals surface area contributed by atoms with Crippen molar-refractivity contribution < 1.29 is 4.74 Å². The molecule has 0 fully saturated rings. The average molecular weight is 165 g/mol. The molecule has 0 amide bonds. The number of pyridine rings is 1. The van der Waals surface area contributed by atoms with Crippen LogP contribution < -0.4 is 4.74 Å². The fourth-order valence-electron chi connectivity index (χ4n) is 1.17. The number of hydrogen-bond acceptors (Lipinski definition) is 2. The summed E-state index contributed by atoms with van der Waals surface area (Å²) in [6, 6.07) is 4.02. The highest BCUT2D eigenvalue weighted by Crippen LogP contribution is 2.25. The second-order valence-corrected chi connectivity index (χ2v) is 2.91. The zero-order valence-corrected chi connectivity index (χ0v) is 7.87. The number of nitrogens with zero attached hydrogens (tertiary/aromatic N) is 1. The lowest BCUT2D eigenvalue weighted by atomic mass is 10.0. The predicted octanol–water partition coefficient (Wildman–Crippen LogP) is 2.60. The maximum absolute atomic E-state index is 5.16. The van der Waals surface area contributed by atoms with Gasteiger partial charge in [0.25, 0.3) is 0 Å². The fourth-order valence-corrected chi connectivity index (χ4v) is 1.17. The van der Waals surface area contributed by atoms with Crippen LogP contribution in [0.25, 0.3) is 0 Å². The van der Waals surface area contributed by atoms with Crippen molar-refractivity contribution in [3.63, 3.8) is 0 Å². The van der Waals surface area contributed by atoms with Crippen molar-refractivity contribution in [2.24, 2.45) is 0 Å². The molecule has 0 aliphatic carbocycles. The highest BCUT2D eigenvalue weighted by atomic mass is 16.5. The Balaban J connectivity index is 2.96. The van der Waals surface area contributed by atoms with E-state index in [1.165, 1.54) is 5.56 Å². The van der Waals surface area contributed by atoms with Gasteiger partial charge in [0.1, 0.15) is 0 Å². The maximum Gasteiger partial charge on any atom is 0.216 e. The quantitative estimate of drug-likeness (QED) is 0.686. The Morgan fingerprint density at radius 1 is 1.58 bits per heavy atom. The summed E-state index contributed by atoms with van der Waals surface area (Å²) in [4.78, 5) is 4.14. The van der Waals surface area contributed by atoms with Gasteiger partial charge >= 0.3 is 0 Å². The van der Waals surface area contributed by atoms with E-state index in [9.17, 15) is 0 Å². The summed E-state index contributed by atoms with van der Waals surface area (Å²) in [5.74, 6) is 1.28. The molecule has 1 heterocycles. The Kier molecular flexibility index (Phi) is 3.09. The molecule has 1 rings (SSSR count). The largest absolute Gasteiger partial charge is 0.481 e. The third kappa shape index (κ3) is 1.76. The van der Waals surface area contributed by atoms with Gasteiger partial charge in [-0.25, -0.2) is 4.98 Å². The van der Waals surface area contributed by atoms with Crippen LogP contribution in [0.5, 0.6) is 5.88 Å². The van der Waals surface area contributed by atoms with Crippen LogP contribution in [0.15, 0.2) is 18.3 Å². The second-order valence-electron chi connectivity index (χ2n) is 2.91. The van der Waals surface area contributed by atoms with Gasteiger partial charge in [0, 0.05) is 11.8 Å². The first-order valence-electron chi connectivity index (χ1n) is 4.28. The van der Waals surface area contributed by atoms with Gasteiger partial charge in [-0.3, -0.25) is 0 Å². The van der Waals surface area contributed by atoms with Gasteiger partial charge in [0.05, 0.1) is 7.11 Å². The first-order chi connectivity index (χ1) is 5.79. The summed E-state index contributed by atoms with van der Waals surface area (Å²) < 4.78 is 5.16. The Morgan fingerprint density at radius 2 is 2.33 bits per heavy atom. The molecule has 0 N–H and O–H groups in total. The molecule has 0 radical (unpaired) electrons. The van der Waals surface area contributed by atoms with Crippen molar-refractivity contribution in [1.82, 2.24) is 4.98 Å². The van der Waals surface area contributed by atoms with Gasteiger partial charge in [0.2, 0.25) is 5.88 Å². The Hall–Kier alpha value is -1.05. The van der Waals surface area contributed by atoms with Crippen molar-refractivity contribution in [3.05, 3.63) is 23.9 Å².